The van der Waals surface area contributed by atoms with Gasteiger partial charge in [-0.25, -0.2) is 0 Å². The predicted molar refractivity (Wildman–Crippen MR) is 126 cm³/mol. The molecular weight excluding hydrogens is 384 g/mol. The lowest BCUT2D eigenvalue weighted by atomic mass is 9.99. The van der Waals surface area contributed by atoms with Gasteiger partial charge in [0.15, 0.2) is 5.96 Å². The summed E-state index contributed by atoms with van der Waals surface area (Å²) in [5.74, 6) is 0.832. The summed E-state index contributed by atoms with van der Waals surface area (Å²) in [7, 11) is 1.83. The summed E-state index contributed by atoms with van der Waals surface area (Å²) in [6.45, 7) is 6.76. The molecule has 0 saturated carbocycles. The van der Waals surface area contributed by atoms with Gasteiger partial charge in [-0.15, -0.1) is 0 Å². The number of hydrogen-bond donors (Lipinski definition) is 2. The summed E-state index contributed by atoms with van der Waals surface area (Å²) < 4.78 is 1.95. The molecule has 0 spiro atoms. The third kappa shape index (κ3) is 5.52. The van der Waals surface area contributed by atoms with Crippen molar-refractivity contribution in [3.63, 3.8) is 0 Å². The molecule has 2 aromatic carbocycles. The van der Waals surface area contributed by atoms with Crippen LogP contribution in [0.1, 0.15) is 29.2 Å². The second-order valence-electron chi connectivity index (χ2n) is 8.12. The van der Waals surface area contributed by atoms with E-state index in [0.29, 0.717) is 6.04 Å². The van der Waals surface area contributed by atoms with E-state index in [2.05, 4.69) is 81.1 Å². The van der Waals surface area contributed by atoms with Crippen molar-refractivity contribution in [2.75, 3.05) is 20.1 Å². The molecule has 1 atom stereocenters. The Morgan fingerprint density at radius 1 is 1.03 bits per heavy atom. The Balaban J connectivity index is 1.29. The van der Waals surface area contributed by atoms with E-state index in [-0.39, 0.29) is 0 Å². The van der Waals surface area contributed by atoms with Gasteiger partial charge in [-0.1, -0.05) is 48.5 Å². The first kappa shape index (κ1) is 21.1. The second-order valence-corrected chi connectivity index (χ2v) is 8.12. The minimum absolute atomic E-state index is 0.430. The largest absolute Gasteiger partial charge is 0.355 e. The molecule has 0 amide bonds. The first-order valence-corrected chi connectivity index (χ1v) is 11.0. The molecule has 3 aromatic rings. The molecule has 6 heteroatoms. The minimum Gasteiger partial charge on any atom is -0.355 e. The van der Waals surface area contributed by atoms with E-state index in [1.807, 2.05) is 30.2 Å². The van der Waals surface area contributed by atoms with Gasteiger partial charge in [0.1, 0.15) is 0 Å². The first-order valence-electron chi connectivity index (χ1n) is 11.0. The Morgan fingerprint density at radius 3 is 2.58 bits per heavy atom. The standard InChI is InChI=1S/C25H32N6/c1-20(30-15-12-21-8-3-5-10-23(21)18-30)16-27-25(26-2)28-17-22-9-4-6-11-24(22)19-31-14-7-13-29-31/h3-11,13-14,20H,12,15-19H2,1-2H3,(H2,26,27,28). The maximum Gasteiger partial charge on any atom is 0.191 e. The molecule has 1 unspecified atom stereocenters. The Hall–Kier alpha value is -3.12. The summed E-state index contributed by atoms with van der Waals surface area (Å²) in [6, 6.07) is 19.6. The fraction of sp³-hybridized carbons (Fsp3) is 0.360. The fourth-order valence-electron chi connectivity index (χ4n) is 4.12. The molecule has 0 radical (unpaired) electrons. The van der Waals surface area contributed by atoms with Gasteiger partial charge in [-0.05, 0) is 41.7 Å². The third-order valence-electron chi connectivity index (χ3n) is 6.03. The van der Waals surface area contributed by atoms with E-state index in [0.717, 1.165) is 45.1 Å². The normalized spacial score (nSPS) is 15.4. The Morgan fingerprint density at radius 2 is 1.81 bits per heavy atom. The van der Waals surface area contributed by atoms with Crippen molar-refractivity contribution >= 4 is 5.96 Å². The van der Waals surface area contributed by atoms with Gasteiger partial charge >= 0.3 is 0 Å². The van der Waals surface area contributed by atoms with Crippen molar-refractivity contribution in [3.8, 4) is 0 Å². The van der Waals surface area contributed by atoms with Crippen molar-refractivity contribution in [3.05, 3.63) is 89.2 Å². The predicted octanol–water partition coefficient (Wildman–Crippen LogP) is 3.04. The van der Waals surface area contributed by atoms with Gasteiger partial charge in [0, 0.05) is 51.7 Å². The number of aliphatic imine (C=N–C) groups is 1. The van der Waals surface area contributed by atoms with E-state index in [9.17, 15) is 0 Å². The summed E-state index contributed by atoms with van der Waals surface area (Å²) in [4.78, 5) is 6.96. The van der Waals surface area contributed by atoms with Crippen LogP contribution in [0.15, 0.2) is 72.0 Å². The first-order chi connectivity index (χ1) is 15.2. The average Bonchev–Trinajstić information content (AvgIpc) is 3.32. The molecular formula is C25H32N6. The van der Waals surface area contributed by atoms with Crippen LogP contribution in [0, 0.1) is 0 Å². The number of rotatable bonds is 7. The summed E-state index contributed by atoms with van der Waals surface area (Å²) in [5, 5.41) is 11.3. The van der Waals surface area contributed by atoms with Crippen molar-refractivity contribution in [1.82, 2.24) is 25.3 Å². The van der Waals surface area contributed by atoms with Crippen LogP contribution in [-0.4, -0.2) is 46.8 Å². The van der Waals surface area contributed by atoms with E-state index in [1.165, 1.54) is 22.3 Å². The molecule has 4 rings (SSSR count). The molecule has 1 aliphatic heterocycles. The van der Waals surface area contributed by atoms with Gasteiger partial charge in [0.05, 0.1) is 6.54 Å². The van der Waals surface area contributed by atoms with Gasteiger partial charge < -0.3 is 10.6 Å². The monoisotopic (exact) mass is 416 g/mol. The molecule has 162 valence electrons. The number of benzene rings is 2. The van der Waals surface area contributed by atoms with Crippen molar-refractivity contribution in [2.45, 2.75) is 39.0 Å². The van der Waals surface area contributed by atoms with Gasteiger partial charge in [-0.3, -0.25) is 14.6 Å². The van der Waals surface area contributed by atoms with Crippen LogP contribution in [0.3, 0.4) is 0 Å². The van der Waals surface area contributed by atoms with E-state index in [1.54, 1.807) is 0 Å². The van der Waals surface area contributed by atoms with Crippen LogP contribution in [0.5, 0.6) is 0 Å². The summed E-state index contributed by atoms with van der Waals surface area (Å²) >= 11 is 0. The van der Waals surface area contributed by atoms with Gasteiger partial charge in [-0.2, -0.15) is 5.10 Å². The number of aromatic nitrogens is 2. The molecule has 2 heterocycles. The molecule has 0 saturated heterocycles. The second kappa shape index (κ2) is 10.3. The quantitative estimate of drug-likeness (QED) is 0.459. The Labute approximate surface area is 185 Å². The molecule has 31 heavy (non-hydrogen) atoms. The highest BCUT2D eigenvalue weighted by Gasteiger charge is 2.20. The lowest BCUT2D eigenvalue weighted by Gasteiger charge is -2.34. The van der Waals surface area contributed by atoms with Crippen LogP contribution in [0.25, 0.3) is 0 Å². The van der Waals surface area contributed by atoms with Crippen molar-refractivity contribution in [1.29, 1.82) is 0 Å². The molecule has 1 aliphatic rings. The maximum absolute atomic E-state index is 4.42. The van der Waals surface area contributed by atoms with Crippen LogP contribution in [0.4, 0.5) is 0 Å². The number of nitrogens with one attached hydrogen (secondary N) is 2. The van der Waals surface area contributed by atoms with Crippen LogP contribution in [-0.2, 0) is 26.1 Å². The molecule has 0 aliphatic carbocycles. The number of fused-ring (bicyclic) bond motifs is 1. The minimum atomic E-state index is 0.430. The zero-order chi connectivity index (χ0) is 21.5. The highest BCUT2D eigenvalue weighted by atomic mass is 15.3. The van der Waals surface area contributed by atoms with Crippen molar-refractivity contribution in [2.24, 2.45) is 4.99 Å². The fourth-order valence-corrected chi connectivity index (χ4v) is 4.12. The molecule has 6 nitrogen and oxygen atoms in total. The Bertz CT molecular complexity index is 995. The number of nitrogens with zero attached hydrogens (tertiary/aromatic N) is 4. The van der Waals surface area contributed by atoms with Crippen LogP contribution in [0.2, 0.25) is 0 Å². The zero-order valence-corrected chi connectivity index (χ0v) is 18.5. The molecule has 1 aromatic heterocycles. The lowest BCUT2D eigenvalue weighted by Crippen LogP contribution is -2.47. The molecule has 0 fully saturated rings. The van der Waals surface area contributed by atoms with Crippen LogP contribution < -0.4 is 10.6 Å². The highest BCUT2D eigenvalue weighted by molar-refractivity contribution is 5.79. The summed E-state index contributed by atoms with van der Waals surface area (Å²) in [5.41, 5.74) is 5.46. The lowest BCUT2D eigenvalue weighted by molar-refractivity contribution is 0.191. The number of hydrogen-bond acceptors (Lipinski definition) is 3. The molecule has 2 N–H and O–H groups in total. The van der Waals surface area contributed by atoms with E-state index < -0.39 is 0 Å². The van der Waals surface area contributed by atoms with Gasteiger partial charge in [0.2, 0.25) is 0 Å². The smallest absolute Gasteiger partial charge is 0.191 e. The topological polar surface area (TPSA) is 57.5 Å². The third-order valence-corrected chi connectivity index (χ3v) is 6.03. The maximum atomic E-state index is 4.42. The highest BCUT2D eigenvalue weighted by Crippen LogP contribution is 2.20. The summed E-state index contributed by atoms with van der Waals surface area (Å²) in [6.07, 6.45) is 4.93. The number of guanidine groups is 1. The van der Waals surface area contributed by atoms with E-state index in [4.69, 9.17) is 0 Å². The Kier molecular flexibility index (Phi) is 6.99. The van der Waals surface area contributed by atoms with Crippen LogP contribution >= 0.6 is 0 Å². The zero-order valence-electron chi connectivity index (χ0n) is 18.5. The average molecular weight is 417 g/mol. The SMILES string of the molecule is CN=C(NCc1ccccc1Cn1cccn1)NCC(C)N1CCc2ccccc2C1. The van der Waals surface area contributed by atoms with Gasteiger partial charge in [0.25, 0.3) is 0 Å². The molecule has 0 bridgehead atoms. The van der Waals surface area contributed by atoms with E-state index >= 15 is 0 Å². The van der Waals surface area contributed by atoms with Crippen molar-refractivity contribution < 1.29 is 0 Å².